The van der Waals surface area contributed by atoms with Gasteiger partial charge in [-0.1, -0.05) is 13.3 Å². The zero-order chi connectivity index (χ0) is 17.3. The Kier molecular flexibility index (Phi) is 4.54. The maximum atomic E-state index is 9.65. The molecule has 126 valence electrons. The molecule has 0 aromatic carbocycles. The van der Waals surface area contributed by atoms with Gasteiger partial charge in [0.1, 0.15) is 17.5 Å². The molecule has 1 aliphatic rings. The van der Waals surface area contributed by atoms with Crippen molar-refractivity contribution in [2.45, 2.75) is 46.1 Å². The Hall–Kier alpha value is -2.39. The lowest BCUT2D eigenvalue weighted by Gasteiger charge is -2.26. The van der Waals surface area contributed by atoms with Gasteiger partial charge in [-0.25, -0.2) is 4.98 Å². The Bertz CT molecular complexity index is 803. The second-order valence-electron chi connectivity index (χ2n) is 6.42. The minimum Gasteiger partial charge on any atom is -0.394 e. The molecule has 0 saturated heterocycles. The summed E-state index contributed by atoms with van der Waals surface area (Å²) < 4.78 is 1.72. The first-order valence-corrected chi connectivity index (χ1v) is 8.45. The van der Waals surface area contributed by atoms with Crippen LogP contribution in [0.15, 0.2) is 6.20 Å². The van der Waals surface area contributed by atoms with Crippen LogP contribution in [0.2, 0.25) is 0 Å². The van der Waals surface area contributed by atoms with E-state index < -0.39 is 0 Å². The lowest BCUT2D eigenvalue weighted by atomic mass is 9.80. The number of aryl methyl sites for hydroxylation is 2. The number of aliphatic hydroxyl groups is 1. The van der Waals surface area contributed by atoms with E-state index in [2.05, 4.69) is 23.1 Å². The molecule has 0 bridgehead atoms. The minimum atomic E-state index is 0.0279. The van der Waals surface area contributed by atoms with Gasteiger partial charge in [-0.3, -0.25) is 4.68 Å². The number of nitrogen functional groups attached to an aromatic ring is 1. The number of fused-ring (bicyclic) bond motifs is 1. The van der Waals surface area contributed by atoms with E-state index in [0.29, 0.717) is 23.8 Å². The van der Waals surface area contributed by atoms with Gasteiger partial charge in [0.2, 0.25) is 0 Å². The average Bonchev–Trinajstić information content (AvgIpc) is 2.93. The van der Waals surface area contributed by atoms with Crippen LogP contribution in [0, 0.1) is 24.2 Å². The Morgan fingerprint density at radius 2 is 2.29 bits per heavy atom. The molecular formula is C18H23N5O. The van der Waals surface area contributed by atoms with E-state index in [1.165, 1.54) is 0 Å². The largest absolute Gasteiger partial charge is 0.394 e. The zero-order valence-electron chi connectivity index (χ0n) is 14.2. The van der Waals surface area contributed by atoms with E-state index in [-0.39, 0.29) is 6.61 Å². The van der Waals surface area contributed by atoms with Crippen LogP contribution in [0.25, 0.3) is 11.1 Å². The number of nitrogens with zero attached hydrogens (tertiary/aromatic N) is 4. The fraction of sp³-hybridized carbons (Fsp3) is 0.500. The van der Waals surface area contributed by atoms with Gasteiger partial charge in [0.15, 0.2) is 0 Å². The Labute approximate surface area is 141 Å². The normalized spacial score (nSPS) is 16.7. The van der Waals surface area contributed by atoms with Crippen molar-refractivity contribution in [1.82, 2.24) is 14.8 Å². The first-order valence-electron chi connectivity index (χ1n) is 8.45. The number of anilines is 1. The highest BCUT2D eigenvalue weighted by Crippen LogP contribution is 2.38. The molecule has 0 fully saturated rings. The summed E-state index contributed by atoms with van der Waals surface area (Å²) in [5.74, 6) is 0.913. The monoisotopic (exact) mass is 325 g/mol. The molecular weight excluding hydrogens is 302 g/mol. The standard InChI is InChI=1S/C18H23N5O/c1-3-12-4-5-16-13(8-12)17(14(9-19)18(20)21-16)15-10-23(6-7-24)22-11(15)2/h10,12,24H,3-8H2,1-2H3,(H2,20,21). The maximum Gasteiger partial charge on any atom is 0.142 e. The molecule has 6 heteroatoms. The van der Waals surface area contributed by atoms with E-state index in [1.54, 1.807) is 4.68 Å². The quantitative estimate of drug-likeness (QED) is 0.897. The third kappa shape index (κ3) is 2.76. The molecule has 0 saturated carbocycles. The van der Waals surface area contributed by atoms with Gasteiger partial charge >= 0.3 is 0 Å². The molecule has 3 N–H and O–H groups in total. The number of aliphatic hydroxyl groups excluding tert-OH is 1. The van der Waals surface area contributed by atoms with Crippen LogP contribution in [-0.2, 0) is 19.4 Å². The molecule has 3 rings (SSSR count). The predicted molar refractivity (Wildman–Crippen MR) is 92.2 cm³/mol. The molecule has 6 nitrogen and oxygen atoms in total. The van der Waals surface area contributed by atoms with Gasteiger partial charge in [-0.2, -0.15) is 10.4 Å². The van der Waals surface area contributed by atoms with E-state index in [9.17, 15) is 5.26 Å². The smallest absolute Gasteiger partial charge is 0.142 e. The number of hydrogen-bond acceptors (Lipinski definition) is 5. The fourth-order valence-electron chi connectivity index (χ4n) is 3.59. The molecule has 1 atom stereocenters. The van der Waals surface area contributed by atoms with Crippen LogP contribution >= 0.6 is 0 Å². The number of nitrogens with two attached hydrogens (primary N) is 1. The van der Waals surface area contributed by atoms with E-state index >= 15 is 0 Å². The summed E-state index contributed by atoms with van der Waals surface area (Å²) in [7, 11) is 0. The molecule has 0 amide bonds. The third-order valence-corrected chi connectivity index (χ3v) is 4.93. The van der Waals surface area contributed by atoms with Gasteiger partial charge < -0.3 is 10.8 Å². The lowest BCUT2D eigenvalue weighted by Crippen LogP contribution is -2.18. The van der Waals surface area contributed by atoms with Crippen molar-refractivity contribution in [3.8, 4) is 17.2 Å². The van der Waals surface area contributed by atoms with Crippen molar-refractivity contribution in [1.29, 1.82) is 5.26 Å². The van der Waals surface area contributed by atoms with Crippen LogP contribution in [0.4, 0.5) is 5.82 Å². The summed E-state index contributed by atoms with van der Waals surface area (Å²) >= 11 is 0. The molecule has 1 aliphatic carbocycles. The SMILES string of the molecule is CCC1CCc2nc(N)c(C#N)c(-c3cn(CCO)nc3C)c2C1. The number of hydrogen-bond donors (Lipinski definition) is 2. The second kappa shape index (κ2) is 6.62. The molecule has 0 spiro atoms. The zero-order valence-corrected chi connectivity index (χ0v) is 14.2. The fourth-order valence-corrected chi connectivity index (χ4v) is 3.59. The number of rotatable bonds is 4. The van der Waals surface area contributed by atoms with Crippen LogP contribution < -0.4 is 5.73 Å². The van der Waals surface area contributed by atoms with Gasteiger partial charge in [-0.15, -0.1) is 0 Å². The molecule has 2 aromatic heterocycles. The number of nitriles is 1. The Morgan fingerprint density at radius 1 is 1.50 bits per heavy atom. The number of pyridine rings is 1. The summed E-state index contributed by atoms with van der Waals surface area (Å²) in [6, 6.07) is 2.24. The first-order chi connectivity index (χ1) is 11.6. The summed E-state index contributed by atoms with van der Waals surface area (Å²) in [6.07, 6.45) is 5.96. The van der Waals surface area contributed by atoms with Crippen molar-refractivity contribution >= 4 is 5.82 Å². The van der Waals surface area contributed by atoms with Crippen molar-refractivity contribution < 1.29 is 5.11 Å². The highest BCUT2D eigenvalue weighted by atomic mass is 16.3. The van der Waals surface area contributed by atoms with E-state index in [4.69, 9.17) is 10.8 Å². The first kappa shape index (κ1) is 16.5. The van der Waals surface area contributed by atoms with Crippen LogP contribution in [-0.4, -0.2) is 26.5 Å². The summed E-state index contributed by atoms with van der Waals surface area (Å²) in [4.78, 5) is 4.50. The van der Waals surface area contributed by atoms with Crippen LogP contribution in [0.1, 0.15) is 42.3 Å². The van der Waals surface area contributed by atoms with Gasteiger partial charge in [0.25, 0.3) is 0 Å². The van der Waals surface area contributed by atoms with Crippen molar-refractivity contribution in [3.05, 3.63) is 28.7 Å². The highest BCUT2D eigenvalue weighted by Gasteiger charge is 2.27. The van der Waals surface area contributed by atoms with Gasteiger partial charge in [0.05, 0.1) is 18.8 Å². The van der Waals surface area contributed by atoms with Gasteiger partial charge in [0, 0.05) is 23.0 Å². The van der Waals surface area contributed by atoms with Crippen molar-refractivity contribution in [2.75, 3.05) is 12.3 Å². The summed E-state index contributed by atoms with van der Waals surface area (Å²) in [5.41, 5.74) is 11.3. The molecule has 2 heterocycles. The summed E-state index contributed by atoms with van der Waals surface area (Å²) in [6.45, 7) is 4.59. The Morgan fingerprint density at radius 3 is 2.96 bits per heavy atom. The topological polar surface area (TPSA) is 101 Å². The lowest BCUT2D eigenvalue weighted by molar-refractivity contribution is 0.269. The van der Waals surface area contributed by atoms with Crippen LogP contribution in [0.3, 0.4) is 0 Å². The van der Waals surface area contributed by atoms with Crippen molar-refractivity contribution in [3.63, 3.8) is 0 Å². The van der Waals surface area contributed by atoms with Crippen LogP contribution in [0.5, 0.6) is 0 Å². The molecule has 2 aromatic rings. The van der Waals surface area contributed by atoms with Crippen molar-refractivity contribution in [2.24, 2.45) is 5.92 Å². The molecule has 24 heavy (non-hydrogen) atoms. The Balaban J connectivity index is 2.22. The minimum absolute atomic E-state index is 0.0279. The highest BCUT2D eigenvalue weighted by molar-refractivity contribution is 5.80. The third-order valence-electron chi connectivity index (χ3n) is 4.93. The van der Waals surface area contributed by atoms with E-state index in [0.717, 1.165) is 53.8 Å². The van der Waals surface area contributed by atoms with E-state index in [1.807, 2.05) is 13.1 Å². The average molecular weight is 325 g/mol. The second-order valence-corrected chi connectivity index (χ2v) is 6.42. The predicted octanol–water partition coefficient (Wildman–Crippen LogP) is 2.21. The maximum absolute atomic E-state index is 9.65. The van der Waals surface area contributed by atoms with Gasteiger partial charge in [-0.05, 0) is 37.7 Å². The summed E-state index contributed by atoms with van der Waals surface area (Å²) in [5, 5.41) is 23.3. The molecule has 1 unspecified atom stereocenters. The molecule has 0 aliphatic heterocycles. The number of aromatic nitrogens is 3. The molecule has 0 radical (unpaired) electrons.